The third-order valence-electron chi connectivity index (χ3n) is 6.85. The van der Waals surface area contributed by atoms with Crippen molar-refractivity contribution in [2.24, 2.45) is 0 Å². The Kier molecular flexibility index (Phi) is 5.65. The van der Waals surface area contributed by atoms with Gasteiger partial charge in [-0.25, -0.2) is 4.79 Å². The van der Waals surface area contributed by atoms with E-state index in [0.29, 0.717) is 6.42 Å². The molecule has 1 saturated heterocycles. The maximum atomic E-state index is 13.4. The summed E-state index contributed by atoms with van der Waals surface area (Å²) in [5, 5.41) is 5.82. The van der Waals surface area contributed by atoms with Gasteiger partial charge in [-0.05, 0) is 54.0 Å². The highest BCUT2D eigenvalue weighted by Crippen LogP contribution is 2.39. The summed E-state index contributed by atoms with van der Waals surface area (Å²) >= 11 is 0. The van der Waals surface area contributed by atoms with Crippen molar-refractivity contribution in [3.05, 3.63) is 95.6 Å². The Morgan fingerprint density at radius 3 is 2.41 bits per heavy atom. The highest BCUT2D eigenvalue weighted by atomic mass is 16.2. The number of nitrogens with one attached hydrogen (secondary N) is 2. The summed E-state index contributed by atoms with van der Waals surface area (Å²) in [6, 6.07) is 25.0. The number of rotatable bonds is 5. The van der Waals surface area contributed by atoms with Crippen molar-refractivity contribution >= 4 is 17.8 Å². The normalized spacial score (nSPS) is 20.1. The van der Waals surface area contributed by atoms with Gasteiger partial charge in [0.25, 0.3) is 5.91 Å². The number of fused-ring (bicyclic) bond motifs is 2. The van der Waals surface area contributed by atoms with Crippen molar-refractivity contribution in [3.63, 3.8) is 0 Å². The predicted molar refractivity (Wildman–Crippen MR) is 130 cm³/mol. The zero-order valence-electron chi connectivity index (χ0n) is 19.1. The van der Waals surface area contributed by atoms with Gasteiger partial charge in [-0.3, -0.25) is 14.5 Å². The van der Waals surface area contributed by atoms with Crippen LogP contribution in [0.3, 0.4) is 0 Å². The number of hydrogen-bond acceptors (Lipinski definition) is 3. The lowest BCUT2D eigenvalue weighted by molar-refractivity contribution is -0.135. The Bertz CT molecular complexity index is 1240. The third-order valence-corrected chi connectivity index (χ3v) is 6.85. The number of nitrogens with zero attached hydrogens (tertiary/aromatic N) is 1. The Morgan fingerprint density at radius 2 is 1.65 bits per heavy atom. The van der Waals surface area contributed by atoms with Gasteiger partial charge in [0.15, 0.2) is 0 Å². The molecule has 1 heterocycles. The molecule has 1 aliphatic heterocycles. The van der Waals surface area contributed by atoms with E-state index < -0.39 is 11.6 Å². The minimum Gasteiger partial charge on any atom is -0.348 e. The Hall–Kier alpha value is -3.93. The monoisotopic (exact) mass is 453 g/mol. The summed E-state index contributed by atoms with van der Waals surface area (Å²) in [4.78, 5) is 40.0. The average Bonchev–Trinajstić information content (AvgIpc) is 3.09. The zero-order chi connectivity index (χ0) is 23.7. The second kappa shape index (κ2) is 8.78. The van der Waals surface area contributed by atoms with Crippen LogP contribution in [0.25, 0.3) is 11.1 Å². The van der Waals surface area contributed by atoms with E-state index in [-0.39, 0.29) is 24.4 Å². The molecule has 0 bridgehead atoms. The third kappa shape index (κ3) is 3.85. The summed E-state index contributed by atoms with van der Waals surface area (Å²) in [6.45, 7) is 1.58. The lowest BCUT2D eigenvalue weighted by Crippen LogP contribution is -2.47. The van der Waals surface area contributed by atoms with Crippen molar-refractivity contribution in [2.75, 3.05) is 6.54 Å². The van der Waals surface area contributed by atoms with E-state index in [4.69, 9.17) is 0 Å². The van der Waals surface area contributed by atoms with Crippen LogP contribution < -0.4 is 10.6 Å². The molecule has 1 fully saturated rings. The minimum absolute atomic E-state index is 0.262. The van der Waals surface area contributed by atoms with Crippen molar-refractivity contribution in [1.82, 2.24) is 15.5 Å². The molecule has 6 nitrogen and oxygen atoms in total. The van der Waals surface area contributed by atoms with Crippen LogP contribution >= 0.6 is 0 Å². The second-order valence-corrected chi connectivity index (χ2v) is 9.01. The molecule has 3 aromatic carbocycles. The SMILES string of the molecule is C[C@H](NC(=O)CN1C(=O)N[C@]2(CCCc3ccccc32)C1=O)c1ccc(-c2ccccc2)cc1. The van der Waals surface area contributed by atoms with E-state index in [1.165, 1.54) is 0 Å². The van der Waals surface area contributed by atoms with Crippen LogP contribution in [-0.2, 0) is 21.5 Å². The van der Waals surface area contributed by atoms with Gasteiger partial charge < -0.3 is 10.6 Å². The first-order valence-electron chi connectivity index (χ1n) is 11.7. The van der Waals surface area contributed by atoms with Gasteiger partial charge >= 0.3 is 6.03 Å². The number of hydrogen-bond donors (Lipinski definition) is 2. The maximum Gasteiger partial charge on any atom is 0.325 e. The van der Waals surface area contributed by atoms with Crippen molar-refractivity contribution in [3.8, 4) is 11.1 Å². The Morgan fingerprint density at radius 1 is 0.971 bits per heavy atom. The van der Waals surface area contributed by atoms with Crippen molar-refractivity contribution in [1.29, 1.82) is 0 Å². The van der Waals surface area contributed by atoms with Gasteiger partial charge in [0.05, 0.1) is 6.04 Å². The molecule has 6 heteroatoms. The highest BCUT2D eigenvalue weighted by Gasteiger charge is 2.54. The van der Waals surface area contributed by atoms with Crippen molar-refractivity contribution < 1.29 is 14.4 Å². The summed E-state index contributed by atoms with van der Waals surface area (Å²) in [5.41, 5.74) is 4.02. The van der Waals surface area contributed by atoms with Crippen molar-refractivity contribution in [2.45, 2.75) is 37.8 Å². The molecule has 3 aromatic rings. The summed E-state index contributed by atoms with van der Waals surface area (Å²) < 4.78 is 0. The quantitative estimate of drug-likeness (QED) is 0.565. The van der Waals surface area contributed by atoms with Gasteiger partial charge in [-0.1, -0.05) is 78.9 Å². The fourth-order valence-electron chi connectivity index (χ4n) is 5.06. The predicted octanol–water partition coefficient (Wildman–Crippen LogP) is 4.31. The number of benzene rings is 3. The molecule has 34 heavy (non-hydrogen) atoms. The van der Waals surface area contributed by atoms with E-state index >= 15 is 0 Å². The number of aryl methyl sites for hydroxylation is 1. The van der Waals surface area contributed by atoms with Crippen LogP contribution in [-0.4, -0.2) is 29.3 Å². The van der Waals surface area contributed by atoms with Crippen LogP contribution in [0.15, 0.2) is 78.9 Å². The van der Waals surface area contributed by atoms with E-state index in [1.807, 2.05) is 73.7 Å². The molecule has 2 atom stereocenters. The first kappa shape index (κ1) is 21.9. The maximum absolute atomic E-state index is 13.4. The standard InChI is InChI=1S/C28H27N3O3/c1-19(20-13-15-22(16-14-20)21-8-3-2-4-9-21)29-25(32)18-31-26(33)28(30-27(31)34)17-7-11-23-10-5-6-12-24(23)28/h2-6,8-10,12-16,19H,7,11,17-18H2,1H3,(H,29,32)(H,30,34)/t19-,28-/m0/s1. The molecule has 0 saturated carbocycles. The van der Waals surface area contributed by atoms with E-state index in [0.717, 1.165) is 45.6 Å². The smallest absolute Gasteiger partial charge is 0.325 e. The van der Waals surface area contributed by atoms with Crippen LogP contribution in [0, 0.1) is 0 Å². The molecule has 1 spiro atoms. The molecule has 1 aliphatic carbocycles. The second-order valence-electron chi connectivity index (χ2n) is 9.01. The fourth-order valence-corrected chi connectivity index (χ4v) is 5.06. The molecule has 0 unspecified atom stereocenters. The van der Waals surface area contributed by atoms with E-state index in [1.54, 1.807) is 0 Å². The Balaban J connectivity index is 1.26. The zero-order valence-corrected chi connectivity index (χ0v) is 19.1. The van der Waals surface area contributed by atoms with Crippen LogP contribution in [0.5, 0.6) is 0 Å². The summed E-state index contributed by atoms with van der Waals surface area (Å²) in [6.07, 6.45) is 2.22. The number of imide groups is 1. The summed E-state index contributed by atoms with van der Waals surface area (Å²) in [5.74, 6) is -0.719. The Labute approximate surface area is 199 Å². The van der Waals surface area contributed by atoms with Gasteiger partial charge in [0.1, 0.15) is 12.1 Å². The number of amides is 4. The topological polar surface area (TPSA) is 78.5 Å². The first-order valence-corrected chi connectivity index (χ1v) is 11.7. The largest absolute Gasteiger partial charge is 0.348 e. The molecule has 0 aromatic heterocycles. The molecule has 0 radical (unpaired) electrons. The van der Waals surface area contributed by atoms with Gasteiger partial charge in [0.2, 0.25) is 5.91 Å². The lowest BCUT2D eigenvalue weighted by atomic mass is 9.76. The molecular weight excluding hydrogens is 426 g/mol. The number of urea groups is 1. The molecule has 2 N–H and O–H groups in total. The van der Waals surface area contributed by atoms with E-state index in [2.05, 4.69) is 22.8 Å². The van der Waals surface area contributed by atoms with Gasteiger partial charge in [-0.2, -0.15) is 0 Å². The van der Waals surface area contributed by atoms with E-state index in [9.17, 15) is 14.4 Å². The van der Waals surface area contributed by atoms with Gasteiger partial charge in [-0.15, -0.1) is 0 Å². The average molecular weight is 454 g/mol. The molecule has 2 aliphatic rings. The minimum atomic E-state index is -1.06. The van der Waals surface area contributed by atoms with Gasteiger partial charge in [0, 0.05) is 0 Å². The summed E-state index contributed by atoms with van der Waals surface area (Å²) in [7, 11) is 0. The molecule has 4 amide bonds. The first-order chi connectivity index (χ1) is 16.5. The van der Waals surface area contributed by atoms with Crippen LogP contribution in [0.2, 0.25) is 0 Å². The van der Waals surface area contributed by atoms with Crippen LogP contribution in [0.1, 0.15) is 42.5 Å². The molecule has 5 rings (SSSR count). The highest BCUT2D eigenvalue weighted by molar-refractivity contribution is 6.09. The lowest BCUT2D eigenvalue weighted by Gasteiger charge is -2.33. The molecular formula is C28H27N3O3. The number of carbonyl (C=O) groups is 3. The fraction of sp³-hybridized carbons (Fsp3) is 0.250. The number of carbonyl (C=O) groups excluding carboxylic acids is 3. The van der Waals surface area contributed by atoms with Crippen LogP contribution in [0.4, 0.5) is 4.79 Å². The molecule has 172 valence electrons.